The van der Waals surface area contributed by atoms with Gasteiger partial charge in [0.05, 0.1) is 6.10 Å². The van der Waals surface area contributed by atoms with E-state index in [1.165, 1.54) is 32.1 Å². The molecule has 20 heavy (non-hydrogen) atoms. The first-order valence-corrected chi connectivity index (χ1v) is 8.02. The van der Waals surface area contributed by atoms with Gasteiger partial charge in [0.15, 0.2) is 0 Å². The molecule has 2 heteroatoms. The van der Waals surface area contributed by atoms with E-state index in [-0.39, 0.29) is 5.92 Å². The molecule has 1 aliphatic carbocycles. The SMILES string of the molecule is O=CC(CCCCOC1CCCCC1)c1ccccc1. The molecule has 1 fully saturated rings. The van der Waals surface area contributed by atoms with Gasteiger partial charge in [-0.05, 0) is 31.2 Å². The molecule has 1 aromatic rings. The highest BCUT2D eigenvalue weighted by Crippen LogP contribution is 2.22. The third-order valence-electron chi connectivity index (χ3n) is 4.21. The first-order chi connectivity index (χ1) is 9.90. The summed E-state index contributed by atoms with van der Waals surface area (Å²) in [5, 5.41) is 0. The highest BCUT2D eigenvalue weighted by atomic mass is 16.5. The minimum atomic E-state index is 0.0471. The smallest absolute Gasteiger partial charge is 0.127 e. The van der Waals surface area contributed by atoms with Crippen molar-refractivity contribution in [2.45, 2.75) is 63.4 Å². The van der Waals surface area contributed by atoms with Crippen LogP contribution < -0.4 is 0 Å². The van der Waals surface area contributed by atoms with Crippen molar-refractivity contribution < 1.29 is 9.53 Å². The van der Waals surface area contributed by atoms with Gasteiger partial charge < -0.3 is 9.53 Å². The molecule has 0 saturated heterocycles. The molecule has 0 spiro atoms. The largest absolute Gasteiger partial charge is 0.378 e. The van der Waals surface area contributed by atoms with Gasteiger partial charge in [-0.25, -0.2) is 0 Å². The predicted molar refractivity (Wildman–Crippen MR) is 81.9 cm³/mol. The Morgan fingerprint density at radius 3 is 2.55 bits per heavy atom. The number of rotatable bonds is 8. The number of carbonyl (C=O) groups is 1. The molecule has 1 unspecified atom stereocenters. The van der Waals surface area contributed by atoms with Crippen LogP contribution in [0.5, 0.6) is 0 Å². The normalized spacial score (nSPS) is 17.8. The maximum absolute atomic E-state index is 11.2. The molecule has 2 nitrogen and oxygen atoms in total. The van der Waals surface area contributed by atoms with Crippen molar-refractivity contribution in [2.75, 3.05) is 6.61 Å². The van der Waals surface area contributed by atoms with E-state index in [9.17, 15) is 4.79 Å². The molecular weight excluding hydrogens is 248 g/mol. The number of hydrogen-bond acceptors (Lipinski definition) is 2. The molecule has 0 aliphatic heterocycles. The van der Waals surface area contributed by atoms with Gasteiger partial charge >= 0.3 is 0 Å². The van der Waals surface area contributed by atoms with Crippen molar-refractivity contribution in [3.63, 3.8) is 0 Å². The standard InChI is InChI=1S/C18H26O2/c19-15-17(16-9-3-1-4-10-16)11-7-8-14-20-18-12-5-2-6-13-18/h1,3-4,9-10,15,17-18H,2,5-8,11-14H2. The summed E-state index contributed by atoms with van der Waals surface area (Å²) in [5.74, 6) is 0.0471. The van der Waals surface area contributed by atoms with Crippen LogP contribution in [-0.2, 0) is 9.53 Å². The van der Waals surface area contributed by atoms with Crippen LogP contribution in [0.4, 0.5) is 0 Å². The monoisotopic (exact) mass is 274 g/mol. The molecule has 1 aromatic carbocycles. The third kappa shape index (κ3) is 5.09. The van der Waals surface area contributed by atoms with Gasteiger partial charge in [0.1, 0.15) is 6.29 Å². The van der Waals surface area contributed by atoms with Gasteiger partial charge in [0, 0.05) is 12.5 Å². The van der Waals surface area contributed by atoms with Crippen LogP contribution >= 0.6 is 0 Å². The van der Waals surface area contributed by atoms with E-state index < -0.39 is 0 Å². The average molecular weight is 274 g/mol. The number of hydrogen-bond donors (Lipinski definition) is 0. The minimum absolute atomic E-state index is 0.0471. The summed E-state index contributed by atoms with van der Waals surface area (Å²) in [6.45, 7) is 0.852. The van der Waals surface area contributed by atoms with E-state index in [0.29, 0.717) is 6.10 Å². The Morgan fingerprint density at radius 2 is 1.85 bits per heavy atom. The van der Waals surface area contributed by atoms with Crippen molar-refractivity contribution >= 4 is 6.29 Å². The highest BCUT2D eigenvalue weighted by Gasteiger charge is 2.13. The average Bonchev–Trinajstić information content (AvgIpc) is 2.53. The van der Waals surface area contributed by atoms with Crippen molar-refractivity contribution in [2.24, 2.45) is 0 Å². The quantitative estimate of drug-likeness (QED) is 0.516. The van der Waals surface area contributed by atoms with Gasteiger partial charge in [-0.2, -0.15) is 0 Å². The van der Waals surface area contributed by atoms with E-state index in [1.807, 2.05) is 30.3 Å². The maximum atomic E-state index is 11.2. The second kappa shape index (κ2) is 8.91. The molecule has 0 heterocycles. The molecule has 110 valence electrons. The van der Waals surface area contributed by atoms with Crippen LogP contribution in [0.3, 0.4) is 0 Å². The topological polar surface area (TPSA) is 26.3 Å². The Bertz CT molecular complexity index is 368. The van der Waals surface area contributed by atoms with E-state index in [0.717, 1.165) is 37.7 Å². The molecule has 0 N–H and O–H groups in total. The summed E-state index contributed by atoms with van der Waals surface area (Å²) in [6, 6.07) is 10.1. The predicted octanol–water partition coefficient (Wildman–Crippen LogP) is 4.49. The Balaban J connectivity index is 1.61. The van der Waals surface area contributed by atoms with Crippen LogP contribution in [0.1, 0.15) is 62.8 Å². The number of aldehydes is 1. The second-order valence-electron chi connectivity index (χ2n) is 5.78. The van der Waals surface area contributed by atoms with Crippen molar-refractivity contribution in [1.29, 1.82) is 0 Å². The summed E-state index contributed by atoms with van der Waals surface area (Å²) in [6.07, 6.45) is 11.1. The van der Waals surface area contributed by atoms with E-state index in [2.05, 4.69) is 0 Å². The van der Waals surface area contributed by atoms with Gasteiger partial charge in [0.25, 0.3) is 0 Å². The second-order valence-corrected chi connectivity index (χ2v) is 5.78. The zero-order valence-corrected chi connectivity index (χ0v) is 12.3. The number of unbranched alkanes of at least 4 members (excludes halogenated alkanes) is 1. The van der Waals surface area contributed by atoms with Crippen LogP contribution in [-0.4, -0.2) is 19.0 Å². The molecule has 2 rings (SSSR count). The first kappa shape index (κ1) is 15.2. The molecule has 0 bridgehead atoms. The van der Waals surface area contributed by atoms with Gasteiger partial charge in [-0.1, -0.05) is 56.0 Å². The Kier molecular flexibility index (Phi) is 6.79. The number of ether oxygens (including phenoxy) is 1. The Labute approximate surface area is 122 Å². The zero-order valence-electron chi connectivity index (χ0n) is 12.3. The van der Waals surface area contributed by atoms with Crippen LogP contribution in [0, 0.1) is 0 Å². The first-order valence-electron chi connectivity index (χ1n) is 8.02. The maximum Gasteiger partial charge on any atom is 0.127 e. The Hall–Kier alpha value is -1.15. The summed E-state index contributed by atoms with van der Waals surface area (Å²) in [7, 11) is 0. The molecule has 0 amide bonds. The summed E-state index contributed by atoms with van der Waals surface area (Å²) < 4.78 is 5.92. The van der Waals surface area contributed by atoms with E-state index >= 15 is 0 Å². The molecule has 1 saturated carbocycles. The lowest BCUT2D eigenvalue weighted by Gasteiger charge is -2.22. The van der Waals surface area contributed by atoms with Crippen LogP contribution in [0.15, 0.2) is 30.3 Å². The fourth-order valence-electron chi connectivity index (χ4n) is 2.96. The summed E-state index contributed by atoms with van der Waals surface area (Å²) in [5.41, 5.74) is 1.13. The van der Waals surface area contributed by atoms with Crippen LogP contribution in [0.25, 0.3) is 0 Å². The lowest BCUT2D eigenvalue weighted by atomic mass is 9.95. The molecule has 1 atom stereocenters. The molecule has 0 radical (unpaired) electrons. The molecular formula is C18H26O2. The fraction of sp³-hybridized carbons (Fsp3) is 0.611. The van der Waals surface area contributed by atoms with Crippen molar-refractivity contribution in [1.82, 2.24) is 0 Å². The van der Waals surface area contributed by atoms with Crippen molar-refractivity contribution in [3.05, 3.63) is 35.9 Å². The lowest BCUT2D eigenvalue weighted by Crippen LogP contribution is -2.17. The summed E-state index contributed by atoms with van der Waals surface area (Å²) >= 11 is 0. The Morgan fingerprint density at radius 1 is 1.10 bits per heavy atom. The fourth-order valence-corrected chi connectivity index (χ4v) is 2.96. The molecule has 1 aliphatic rings. The summed E-state index contributed by atoms with van der Waals surface area (Å²) in [4.78, 5) is 11.2. The van der Waals surface area contributed by atoms with E-state index in [4.69, 9.17) is 4.74 Å². The lowest BCUT2D eigenvalue weighted by molar-refractivity contribution is -0.109. The van der Waals surface area contributed by atoms with Gasteiger partial charge in [-0.3, -0.25) is 0 Å². The third-order valence-corrected chi connectivity index (χ3v) is 4.21. The van der Waals surface area contributed by atoms with Gasteiger partial charge in [0.2, 0.25) is 0 Å². The number of carbonyl (C=O) groups excluding carboxylic acids is 1. The molecule has 0 aromatic heterocycles. The highest BCUT2D eigenvalue weighted by molar-refractivity contribution is 5.61. The van der Waals surface area contributed by atoms with Crippen molar-refractivity contribution in [3.8, 4) is 0 Å². The number of benzene rings is 1. The minimum Gasteiger partial charge on any atom is -0.378 e. The van der Waals surface area contributed by atoms with Gasteiger partial charge in [-0.15, -0.1) is 0 Å². The zero-order chi connectivity index (χ0) is 14.0. The van der Waals surface area contributed by atoms with E-state index in [1.54, 1.807) is 0 Å². The van der Waals surface area contributed by atoms with Crippen LogP contribution in [0.2, 0.25) is 0 Å².